The van der Waals surface area contributed by atoms with Crippen molar-refractivity contribution in [1.29, 1.82) is 0 Å². The van der Waals surface area contributed by atoms with Crippen molar-refractivity contribution < 1.29 is 23.7 Å². The van der Waals surface area contributed by atoms with Crippen molar-refractivity contribution in [2.45, 2.75) is 26.5 Å². The van der Waals surface area contributed by atoms with Crippen LogP contribution in [0.5, 0.6) is 17.2 Å². The van der Waals surface area contributed by atoms with E-state index in [1.807, 2.05) is 30.3 Å². The first-order chi connectivity index (χ1) is 20.7. The molecule has 1 aromatic heterocycles. The Morgan fingerprint density at radius 2 is 1.95 bits per heavy atom. The highest BCUT2D eigenvalue weighted by atomic mass is 79.9. The van der Waals surface area contributed by atoms with Gasteiger partial charge in [-0.3, -0.25) is 9.36 Å². The number of hydrogen-bond donors (Lipinski definition) is 0. The SMILES string of the molecule is CCOC(=O)C1=C(C)N=c2s/c(=C\c3ccc(OCc4ccc(Cl)cc4Cl)c(Br)c3)c(=O)n2[C@@H]1c1ccc2c(c1)OCO2. The molecule has 220 valence electrons. The molecule has 1 atom stereocenters. The summed E-state index contributed by atoms with van der Waals surface area (Å²) in [7, 11) is 0. The van der Waals surface area contributed by atoms with E-state index in [2.05, 4.69) is 20.9 Å². The molecule has 6 rings (SSSR count). The quantitative estimate of drug-likeness (QED) is 0.214. The zero-order valence-electron chi connectivity index (χ0n) is 22.9. The minimum atomic E-state index is -0.755. The molecule has 4 aromatic rings. The summed E-state index contributed by atoms with van der Waals surface area (Å²) in [5, 5.41) is 1.08. The lowest BCUT2D eigenvalue weighted by molar-refractivity contribution is -0.139. The highest BCUT2D eigenvalue weighted by Crippen LogP contribution is 2.38. The lowest BCUT2D eigenvalue weighted by Gasteiger charge is -2.24. The van der Waals surface area contributed by atoms with Crippen molar-refractivity contribution in [3.05, 3.63) is 117 Å². The molecule has 0 amide bonds. The Hall–Kier alpha value is -3.57. The molecular weight excluding hydrogens is 679 g/mol. The molecule has 0 aliphatic carbocycles. The maximum atomic E-state index is 13.9. The zero-order valence-corrected chi connectivity index (χ0v) is 26.8. The van der Waals surface area contributed by atoms with Crippen LogP contribution < -0.4 is 29.1 Å². The lowest BCUT2D eigenvalue weighted by Crippen LogP contribution is -2.39. The van der Waals surface area contributed by atoms with Crippen molar-refractivity contribution >= 4 is 62.5 Å². The number of benzene rings is 3. The van der Waals surface area contributed by atoms with Gasteiger partial charge in [0.05, 0.1) is 32.9 Å². The summed E-state index contributed by atoms with van der Waals surface area (Å²) in [6.45, 7) is 4.04. The summed E-state index contributed by atoms with van der Waals surface area (Å²) >= 11 is 17.1. The van der Waals surface area contributed by atoms with Gasteiger partial charge in [0.1, 0.15) is 12.4 Å². The van der Waals surface area contributed by atoms with E-state index in [4.69, 9.17) is 42.1 Å². The second-order valence-corrected chi connectivity index (χ2v) is 12.3. The number of thiazole rings is 1. The molecule has 0 saturated carbocycles. The van der Waals surface area contributed by atoms with Gasteiger partial charge in [-0.05, 0) is 83.4 Å². The summed E-state index contributed by atoms with van der Waals surface area (Å²) in [4.78, 5) is 32.2. The lowest BCUT2D eigenvalue weighted by atomic mass is 9.95. The number of esters is 1. The first-order valence-corrected chi connectivity index (χ1v) is 15.6. The number of hydrogen-bond acceptors (Lipinski definition) is 8. The van der Waals surface area contributed by atoms with Crippen molar-refractivity contribution in [2.75, 3.05) is 13.4 Å². The molecular formula is C31H23BrCl2N2O6S. The van der Waals surface area contributed by atoms with Gasteiger partial charge in [-0.25, -0.2) is 9.79 Å². The molecule has 0 unspecified atom stereocenters. The van der Waals surface area contributed by atoms with Gasteiger partial charge in [-0.15, -0.1) is 0 Å². The highest BCUT2D eigenvalue weighted by molar-refractivity contribution is 9.10. The van der Waals surface area contributed by atoms with E-state index in [0.29, 0.717) is 57.9 Å². The van der Waals surface area contributed by atoms with Gasteiger partial charge in [0.2, 0.25) is 6.79 Å². The summed E-state index contributed by atoms with van der Waals surface area (Å²) < 4.78 is 25.1. The number of fused-ring (bicyclic) bond motifs is 2. The number of halogens is 3. The third-order valence-corrected chi connectivity index (χ3v) is 9.07. The number of carbonyl (C=O) groups is 1. The van der Waals surface area contributed by atoms with Crippen LogP contribution in [0.15, 0.2) is 80.1 Å². The van der Waals surface area contributed by atoms with Crippen molar-refractivity contribution in [3.8, 4) is 17.2 Å². The largest absolute Gasteiger partial charge is 0.488 e. The fraction of sp³-hybridized carbons (Fsp3) is 0.194. The molecule has 0 spiro atoms. The molecule has 2 aliphatic rings. The third kappa shape index (κ3) is 5.84. The van der Waals surface area contributed by atoms with E-state index in [9.17, 15) is 9.59 Å². The van der Waals surface area contributed by atoms with Crippen LogP contribution in [0, 0.1) is 0 Å². The van der Waals surface area contributed by atoms with E-state index < -0.39 is 12.0 Å². The first kappa shape index (κ1) is 29.5. The fourth-order valence-electron chi connectivity index (χ4n) is 4.86. The van der Waals surface area contributed by atoms with Gasteiger partial charge in [0.15, 0.2) is 16.3 Å². The van der Waals surface area contributed by atoms with Gasteiger partial charge in [0.25, 0.3) is 5.56 Å². The summed E-state index contributed by atoms with van der Waals surface area (Å²) in [5.41, 5.74) is 2.75. The van der Waals surface area contributed by atoms with Crippen LogP contribution in [0.25, 0.3) is 6.08 Å². The first-order valence-electron chi connectivity index (χ1n) is 13.2. The van der Waals surface area contributed by atoms with E-state index in [1.54, 1.807) is 44.2 Å². The Labute approximate surface area is 268 Å². The van der Waals surface area contributed by atoms with Gasteiger partial charge in [-0.2, -0.15) is 0 Å². The minimum absolute atomic E-state index is 0.107. The Balaban J connectivity index is 1.37. The Morgan fingerprint density at radius 3 is 2.72 bits per heavy atom. The predicted molar refractivity (Wildman–Crippen MR) is 168 cm³/mol. The van der Waals surface area contributed by atoms with Crippen LogP contribution in [0.2, 0.25) is 10.0 Å². The summed E-state index contributed by atoms with van der Waals surface area (Å²) in [5.74, 6) is 1.23. The van der Waals surface area contributed by atoms with Crippen molar-refractivity contribution in [2.24, 2.45) is 4.99 Å². The molecule has 3 aromatic carbocycles. The number of ether oxygens (including phenoxy) is 4. The fourth-order valence-corrected chi connectivity index (χ4v) is 6.88. The Bertz CT molecular complexity index is 1990. The van der Waals surface area contributed by atoms with E-state index in [1.165, 1.54) is 15.9 Å². The highest BCUT2D eigenvalue weighted by Gasteiger charge is 2.34. The minimum Gasteiger partial charge on any atom is -0.488 e. The number of carbonyl (C=O) groups excluding carboxylic acids is 1. The molecule has 0 saturated heterocycles. The maximum absolute atomic E-state index is 13.9. The summed E-state index contributed by atoms with van der Waals surface area (Å²) in [6.07, 6.45) is 1.79. The molecule has 0 radical (unpaired) electrons. The average Bonchev–Trinajstić information content (AvgIpc) is 3.56. The standard InChI is InChI=1S/C31H23BrCl2N2O6S/c1-3-39-30(38)27-16(2)35-31-36(28(27)18-6-9-24-25(12-18)42-15-41-24)29(37)26(43-31)11-17-4-8-23(21(32)10-17)40-14-19-5-7-20(33)13-22(19)34/h4-13,28H,3,14-15H2,1-2H3/b26-11-/t28-/m1/s1. The molecule has 43 heavy (non-hydrogen) atoms. The Kier molecular flexibility index (Phi) is 8.37. The van der Waals surface area contributed by atoms with Crippen LogP contribution in [0.1, 0.15) is 36.6 Å². The molecule has 12 heteroatoms. The topological polar surface area (TPSA) is 88.4 Å². The molecule has 2 aliphatic heterocycles. The second-order valence-electron chi connectivity index (χ2n) is 9.63. The van der Waals surface area contributed by atoms with Gasteiger partial charge < -0.3 is 18.9 Å². The molecule has 0 bridgehead atoms. The van der Waals surface area contributed by atoms with Crippen LogP contribution in [-0.4, -0.2) is 23.9 Å². The van der Waals surface area contributed by atoms with E-state index >= 15 is 0 Å². The van der Waals surface area contributed by atoms with Crippen LogP contribution in [0.4, 0.5) is 0 Å². The normalized spacial score (nSPS) is 15.7. The van der Waals surface area contributed by atoms with Gasteiger partial charge >= 0.3 is 5.97 Å². The monoisotopic (exact) mass is 700 g/mol. The molecule has 0 N–H and O–H groups in total. The van der Waals surface area contributed by atoms with E-state index in [0.717, 1.165) is 11.1 Å². The smallest absolute Gasteiger partial charge is 0.338 e. The average molecular weight is 702 g/mol. The Morgan fingerprint density at radius 1 is 1.14 bits per heavy atom. The maximum Gasteiger partial charge on any atom is 0.338 e. The molecule has 0 fully saturated rings. The third-order valence-electron chi connectivity index (χ3n) is 6.88. The zero-order chi connectivity index (χ0) is 30.2. The number of aromatic nitrogens is 1. The van der Waals surface area contributed by atoms with Crippen molar-refractivity contribution in [1.82, 2.24) is 4.57 Å². The van der Waals surface area contributed by atoms with Crippen LogP contribution >= 0.6 is 50.5 Å². The van der Waals surface area contributed by atoms with Crippen LogP contribution in [0.3, 0.4) is 0 Å². The number of rotatable bonds is 7. The summed E-state index contributed by atoms with van der Waals surface area (Å²) in [6, 6.07) is 15.4. The predicted octanol–water partition coefficient (Wildman–Crippen LogP) is 6.18. The van der Waals surface area contributed by atoms with Gasteiger partial charge in [-0.1, -0.05) is 52.7 Å². The van der Waals surface area contributed by atoms with E-state index in [-0.39, 0.29) is 25.6 Å². The van der Waals surface area contributed by atoms with Crippen molar-refractivity contribution in [3.63, 3.8) is 0 Å². The van der Waals surface area contributed by atoms with Gasteiger partial charge in [0, 0.05) is 15.6 Å². The molecule has 3 heterocycles. The number of nitrogens with zero attached hydrogens (tertiary/aromatic N) is 2. The second kappa shape index (κ2) is 12.2. The van der Waals surface area contributed by atoms with Crippen LogP contribution in [-0.2, 0) is 16.1 Å². The molecule has 8 nitrogen and oxygen atoms in total. The number of allylic oxidation sites excluding steroid dienone is 1.